The molecule has 4 aromatic rings. The van der Waals surface area contributed by atoms with Crippen LogP contribution >= 0.6 is 0 Å². The summed E-state index contributed by atoms with van der Waals surface area (Å²) in [6.45, 7) is 2.98. The molecule has 11 nitrogen and oxygen atoms in total. The van der Waals surface area contributed by atoms with Gasteiger partial charge >= 0.3 is 6.09 Å². The number of aromatic nitrogens is 5. The molecule has 0 aliphatic carbocycles. The first-order chi connectivity index (χ1) is 16.5. The Labute approximate surface area is 193 Å². The van der Waals surface area contributed by atoms with Gasteiger partial charge in [0, 0.05) is 36.6 Å². The smallest absolute Gasteiger partial charge is 0.404 e. The Bertz CT molecular complexity index is 1340. The molecule has 0 radical (unpaired) electrons. The molecule has 0 fully saturated rings. The number of nitrogens with one attached hydrogen (secondary N) is 3. The summed E-state index contributed by atoms with van der Waals surface area (Å²) < 4.78 is 18.2. The second-order valence-corrected chi connectivity index (χ2v) is 7.44. The molecule has 0 saturated heterocycles. The molecule has 0 bridgehead atoms. The Morgan fingerprint density at radius 2 is 2.15 bits per heavy atom. The molecular formula is C22H22FN9O2. The van der Waals surface area contributed by atoms with Gasteiger partial charge in [-0.2, -0.15) is 15.5 Å². The van der Waals surface area contributed by atoms with Gasteiger partial charge < -0.3 is 21.1 Å². The first kappa shape index (κ1) is 22.5. The van der Waals surface area contributed by atoms with E-state index in [1.54, 1.807) is 29.3 Å². The van der Waals surface area contributed by atoms with Crippen LogP contribution in [0.2, 0.25) is 0 Å². The van der Waals surface area contributed by atoms with Crippen molar-refractivity contribution in [2.75, 3.05) is 17.2 Å². The van der Waals surface area contributed by atoms with Crippen LogP contribution < -0.4 is 16.0 Å². The molecule has 12 heteroatoms. The molecule has 3 aromatic heterocycles. The van der Waals surface area contributed by atoms with E-state index in [0.717, 1.165) is 23.5 Å². The van der Waals surface area contributed by atoms with Crippen LogP contribution in [0.4, 0.5) is 26.5 Å². The maximum absolute atomic E-state index is 14.8. The van der Waals surface area contributed by atoms with Crippen molar-refractivity contribution in [3.63, 3.8) is 0 Å². The quantitative estimate of drug-likeness (QED) is 0.296. The van der Waals surface area contributed by atoms with Crippen LogP contribution in [0.1, 0.15) is 12.5 Å². The van der Waals surface area contributed by atoms with Gasteiger partial charge in [-0.3, -0.25) is 9.36 Å². The highest BCUT2D eigenvalue weighted by Gasteiger charge is 2.18. The number of carboxylic acid groups (broad SMARTS) is 1. The highest BCUT2D eigenvalue weighted by Crippen LogP contribution is 2.26. The minimum absolute atomic E-state index is 0.0167. The van der Waals surface area contributed by atoms with E-state index in [1.807, 2.05) is 35.9 Å². The zero-order chi connectivity index (χ0) is 24.1. The fraction of sp³-hybridized carbons (Fsp3) is 0.227. The Hall–Kier alpha value is -4.66. The molecule has 1 aromatic carbocycles. The monoisotopic (exact) mass is 463 g/mol. The van der Waals surface area contributed by atoms with E-state index in [-0.39, 0.29) is 30.3 Å². The summed E-state index contributed by atoms with van der Waals surface area (Å²) in [6, 6.07) is 9.80. The van der Waals surface area contributed by atoms with Gasteiger partial charge in [0.25, 0.3) is 0 Å². The minimum Gasteiger partial charge on any atom is -0.465 e. The maximum Gasteiger partial charge on any atom is 0.404 e. The zero-order valence-electron chi connectivity index (χ0n) is 18.2. The molecule has 34 heavy (non-hydrogen) atoms. The van der Waals surface area contributed by atoms with Crippen LogP contribution in [0, 0.1) is 17.1 Å². The predicted octanol–water partition coefficient (Wildman–Crippen LogP) is 3.15. The standard InChI is InChI=1S/C22H22FN9O2/c1-2-32-19-5-4-16(8-15(19)11-27-32)28-20-14(10-24)9-18(23)21(30-20)29-17(12-25-22(33)34)13-31-7-3-6-26-31/h3-9,11,17,25H,2,12-13H2,1H3,(H,33,34)(H2,28,29,30). The number of halogens is 1. The third-order valence-corrected chi connectivity index (χ3v) is 5.11. The first-order valence-corrected chi connectivity index (χ1v) is 10.5. The van der Waals surface area contributed by atoms with Crippen molar-refractivity contribution in [3.8, 4) is 6.07 Å². The number of rotatable bonds is 9. The second-order valence-electron chi connectivity index (χ2n) is 7.44. The van der Waals surface area contributed by atoms with Gasteiger partial charge in [-0.25, -0.2) is 14.2 Å². The maximum atomic E-state index is 14.8. The van der Waals surface area contributed by atoms with E-state index in [0.29, 0.717) is 5.69 Å². The largest absolute Gasteiger partial charge is 0.465 e. The van der Waals surface area contributed by atoms with Gasteiger partial charge in [0.05, 0.1) is 29.9 Å². The number of benzene rings is 1. The number of nitrogens with zero attached hydrogens (tertiary/aromatic N) is 6. The SMILES string of the molecule is CCn1ncc2cc(Nc3nc(NC(CNC(=O)O)Cn4cccn4)c(F)cc3C#N)ccc21. The number of hydrogen-bond donors (Lipinski definition) is 4. The summed E-state index contributed by atoms with van der Waals surface area (Å²) in [5.41, 5.74) is 1.65. The fourth-order valence-electron chi connectivity index (χ4n) is 3.52. The Balaban J connectivity index is 1.60. The third-order valence-electron chi connectivity index (χ3n) is 5.11. The van der Waals surface area contributed by atoms with Crippen molar-refractivity contribution in [3.05, 3.63) is 60.3 Å². The fourth-order valence-corrected chi connectivity index (χ4v) is 3.52. The number of pyridine rings is 1. The van der Waals surface area contributed by atoms with Crippen LogP contribution in [0.5, 0.6) is 0 Å². The molecule has 1 atom stereocenters. The van der Waals surface area contributed by atoms with Gasteiger partial charge in [-0.15, -0.1) is 0 Å². The zero-order valence-corrected chi connectivity index (χ0v) is 18.2. The average Bonchev–Trinajstić information content (AvgIpc) is 3.48. The Morgan fingerprint density at radius 3 is 2.85 bits per heavy atom. The van der Waals surface area contributed by atoms with Crippen LogP contribution in [-0.4, -0.2) is 48.3 Å². The molecule has 1 amide bonds. The van der Waals surface area contributed by atoms with E-state index in [1.165, 1.54) is 0 Å². The lowest BCUT2D eigenvalue weighted by atomic mass is 10.2. The summed E-state index contributed by atoms with van der Waals surface area (Å²) in [4.78, 5) is 15.3. The number of anilines is 3. The van der Waals surface area contributed by atoms with Crippen LogP contribution in [0.25, 0.3) is 10.9 Å². The lowest BCUT2D eigenvalue weighted by molar-refractivity contribution is 0.193. The van der Waals surface area contributed by atoms with Crippen molar-refractivity contribution >= 4 is 34.3 Å². The number of hydrogen-bond acceptors (Lipinski definition) is 7. The van der Waals surface area contributed by atoms with Gasteiger partial charge in [-0.05, 0) is 37.3 Å². The van der Waals surface area contributed by atoms with E-state index in [9.17, 15) is 14.4 Å². The molecule has 0 aliphatic rings. The highest BCUT2D eigenvalue weighted by atomic mass is 19.1. The Morgan fingerprint density at radius 1 is 1.29 bits per heavy atom. The molecule has 1 unspecified atom stereocenters. The van der Waals surface area contributed by atoms with Gasteiger partial charge in [0.15, 0.2) is 17.5 Å². The van der Waals surface area contributed by atoms with Crippen LogP contribution in [0.15, 0.2) is 48.9 Å². The molecular weight excluding hydrogens is 441 g/mol. The summed E-state index contributed by atoms with van der Waals surface area (Å²) in [5, 5.41) is 36.1. The average molecular weight is 463 g/mol. The van der Waals surface area contributed by atoms with Crippen LogP contribution in [0.3, 0.4) is 0 Å². The lowest BCUT2D eigenvalue weighted by Crippen LogP contribution is -2.39. The van der Waals surface area contributed by atoms with Gasteiger partial charge in [0.1, 0.15) is 6.07 Å². The number of aryl methyl sites for hydroxylation is 1. The molecule has 0 saturated carbocycles. The number of nitriles is 1. The van der Waals surface area contributed by atoms with Crippen molar-refractivity contribution in [2.45, 2.75) is 26.1 Å². The second kappa shape index (κ2) is 9.86. The van der Waals surface area contributed by atoms with Crippen LogP contribution in [-0.2, 0) is 13.1 Å². The van der Waals surface area contributed by atoms with Crippen molar-refractivity contribution in [1.29, 1.82) is 5.26 Å². The number of carbonyl (C=O) groups is 1. The van der Waals surface area contributed by atoms with E-state index in [4.69, 9.17) is 5.11 Å². The highest BCUT2D eigenvalue weighted by molar-refractivity contribution is 5.83. The third kappa shape index (κ3) is 5.04. The molecule has 3 heterocycles. The first-order valence-electron chi connectivity index (χ1n) is 10.5. The Kier molecular flexibility index (Phi) is 6.54. The van der Waals surface area contributed by atoms with E-state index < -0.39 is 18.0 Å². The topological polar surface area (TPSA) is 146 Å². The molecule has 4 N–H and O–H groups in total. The van der Waals surface area contributed by atoms with Crippen molar-refractivity contribution < 1.29 is 14.3 Å². The minimum atomic E-state index is -1.20. The van der Waals surface area contributed by atoms with Gasteiger partial charge in [-0.1, -0.05) is 0 Å². The van der Waals surface area contributed by atoms with Crippen molar-refractivity contribution in [2.24, 2.45) is 0 Å². The summed E-state index contributed by atoms with van der Waals surface area (Å²) >= 11 is 0. The van der Waals surface area contributed by atoms with E-state index >= 15 is 0 Å². The normalized spacial score (nSPS) is 11.7. The van der Waals surface area contributed by atoms with E-state index in [2.05, 4.69) is 31.1 Å². The molecule has 0 aliphatic heterocycles. The van der Waals surface area contributed by atoms with Gasteiger partial charge in [0.2, 0.25) is 0 Å². The number of amides is 1. The summed E-state index contributed by atoms with van der Waals surface area (Å²) in [6.07, 6.45) is 3.84. The molecule has 0 spiro atoms. The summed E-state index contributed by atoms with van der Waals surface area (Å²) in [7, 11) is 0. The predicted molar refractivity (Wildman–Crippen MR) is 123 cm³/mol. The molecule has 4 rings (SSSR count). The molecule has 174 valence electrons. The number of fused-ring (bicyclic) bond motifs is 1. The van der Waals surface area contributed by atoms with Crippen molar-refractivity contribution in [1.82, 2.24) is 29.9 Å². The lowest BCUT2D eigenvalue weighted by Gasteiger charge is -2.20. The summed E-state index contributed by atoms with van der Waals surface area (Å²) in [5.74, 6) is -0.689.